The van der Waals surface area contributed by atoms with Crippen LogP contribution >= 0.6 is 11.6 Å². The monoisotopic (exact) mass is 352 g/mol. The van der Waals surface area contributed by atoms with Gasteiger partial charge in [0, 0.05) is 16.1 Å². The first-order valence-corrected chi connectivity index (χ1v) is 11.8. The zero-order valence-electron chi connectivity index (χ0n) is 15.2. The molecule has 0 amide bonds. The Morgan fingerprint density at radius 3 is 2.61 bits per heavy atom. The molecule has 0 spiro atoms. The predicted octanol–water partition coefficient (Wildman–Crippen LogP) is 5.86. The molecule has 0 fully saturated rings. The fourth-order valence-corrected chi connectivity index (χ4v) is 3.31. The summed E-state index contributed by atoms with van der Waals surface area (Å²) in [5.74, 6) is 0.827. The molecule has 1 aromatic carbocycles. The zero-order valence-corrected chi connectivity index (χ0v) is 16.9. The third kappa shape index (κ3) is 3.91. The van der Waals surface area contributed by atoms with Crippen LogP contribution in [0.5, 0.6) is 0 Å². The lowest BCUT2D eigenvalue weighted by Gasteiger charge is -2.33. The van der Waals surface area contributed by atoms with Crippen molar-refractivity contribution in [2.24, 2.45) is 5.16 Å². The Morgan fingerprint density at radius 1 is 1.30 bits per heavy atom. The fraction of sp³-hybridized carbons (Fsp3) is 0.611. The van der Waals surface area contributed by atoms with Crippen molar-refractivity contribution in [3.05, 3.63) is 34.3 Å². The molecule has 0 saturated carbocycles. The maximum Gasteiger partial charge on any atom is 0.286 e. The van der Waals surface area contributed by atoms with Gasteiger partial charge in [-0.2, -0.15) is 0 Å². The first kappa shape index (κ1) is 18.3. The second-order valence-electron chi connectivity index (χ2n) is 7.83. The number of nitrogens with one attached hydrogen (secondary N) is 1. The fourth-order valence-electron chi connectivity index (χ4n) is 2.41. The van der Waals surface area contributed by atoms with E-state index in [1.54, 1.807) is 0 Å². The van der Waals surface area contributed by atoms with Gasteiger partial charge in [0.05, 0.1) is 6.04 Å². The van der Waals surface area contributed by atoms with Crippen LogP contribution in [0.15, 0.2) is 23.4 Å². The summed E-state index contributed by atoms with van der Waals surface area (Å²) >= 11 is 6.44. The molecule has 0 radical (unpaired) electrons. The van der Waals surface area contributed by atoms with Gasteiger partial charge >= 0.3 is 0 Å². The van der Waals surface area contributed by atoms with Gasteiger partial charge in [-0.3, -0.25) is 0 Å². The van der Waals surface area contributed by atoms with E-state index in [1.807, 2.05) is 12.1 Å². The van der Waals surface area contributed by atoms with Crippen LogP contribution in [0.3, 0.4) is 0 Å². The van der Waals surface area contributed by atoms with E-state index in [4.69, 9.17) is 16.1 Å². The van der Waals surface area contributed by atoms with Crippen LogP contribution in [0, 0.1) is 0 Å². The maximum absolute atomic E-state index is 6.44. The van der Waals surface area contributed by atoms with Crippen LogP contribution in [0.1, 0.15) is 64.1 Å². The van der Waals surface area contributed by atoms with E-state index in [2.05, 4.69) is 57.3 Å². The second kappa shape index (κ2) is 6.86. The van der Waals surface area contributed by atoms with E-state index in [0.717, 1.165) is 22.8 Å². The van der Waals surface area contributed by atoms with Crippen LogP contribution in [-0.2, 0) is 4.53 Å². The van der Waals surface area contributed by atoms with Crippen molar-refractivity contribution >= 4 is 25.8 Å². The van der Waals surface area contributed by atoms with Crippen molar-refractivity contribution in [1.29, 1.82) is 0 Å². The molecule has 1 heterocycles. The van der Waals surface area contributed by atoms with Crippen molar-refractivity contribution in [1.82, 2.24) is 5.32 Å². The number of fused-ring (bicyclic) bond motifs is 1. The van der Waals surface area contributed by atoms with Gasteiger partial charge in [-0.1, -0.05) is 69.4 Å². The maximum atomic E-state index is 6.44. The van der Waals surface area contributed by atoms with E-state index in [9.17, 15) is 0 Å². The van der Waals surface area contributed by atoms with Crippen molar-refractivity contribution < 1.29 is 4.53 Å². The van der Waals surface area contributed by atoms with Crippen molar-refractivity contribution in [2.45, 2.75) is 71.1 Å². The Hall–Kier alpha value is -1.00. The van der Waals surface area contributed by atoms with Crippen molar-refractivity contribution in [3.63, 3.8) is 0 Å². The molecular formula is C18H29ClN2OSi. The first-order valence-electron chi connectivity index (χ1n) is 8.49. The minimum Gasteiger partial charge on any atom is -0.453 e. The van der Waals surface area contributed by atoms with Crippen molar-refractivity contribution in [2.75, 3.05) is 0 Å². The van der Waals surface area contributed by atoms with Crippen LogP contribution in [-0.4, -0.2) is 14.2 Å². The summed E-state index contributed by atoms with van der Waals surface area (Å²) in [6.45, 7) is 13.3. The van der Waals surface area contributed by atoms with Crippen LogP contribution in [0.4, 0.5) is 0 Å². The van der Waals surface area contributed by atoms with Crippen LogP contribution in [0.25, 0.3) is 0 Å². The molecule has 1 aliphatic rings. The molecule has 5 heteroatoms. The number of benzene rings is 1. The third-order valence-electron chi connectivity index (χ3n) is 4.99. The molecule has 0 saturated heterocycles. The number of unbranched alkanes of at least 4 members (excludes halogenated alkanes) is 1. The molecule has 1 aliphatic heterocycles. The molecule has 0 aliphatic carbocycles. The Morgan fingerprint density at radius 2 is 2.00 bits per heavy atom. The second-order valence-corrected chi connectivity index (χ2v) is 12.9. The smallest absolute Gasteiger partial charge is 0.286 e. The summed E-state index contributed by atoms with van der Waals surface area (Å²) in [5, 5.41) is 8.98. The lowest BCUT2D eigenvalue weighted by Crippen LogP contribution is -2.39. The molecule has 0 aromatic heterocycles. The molecule has 1 aromatic rings. The normalized spacial score (nSPS) is 19.6. The van der Waals surface area contributed by atoms with Gasteiger partial charge in [-0.05, 0) is 30.6 Å². The van der Waals surface area contributed by atoms with Crippen molar-refractivity contribution in [3.8, 4) is 0 Å². The third-order valence-corrected chi connectivity index (χ3v) is 9.47. The van der Waals surface area contributed by atoms with Gasteiger partial charge in [0.25, 0.3) is 8.32 Å². The minimum atomic E-state index is -1.92. The Bertz CT molecular complexity index is 593. The SMILES string of the molecule is CCCCC1NC(=NO[Si](C)(C)C(C)(C)C)c2cccc(Cl)c21. The number of halogens is 1. The zero-order chi connectivity index (χ0) is 17.3. The number of hydrogen-bond acceptors (Lipinski definition) is 2. The summed E-state index contributed by atoms with van der Waals surface area (Å²) in [6.07, 6.45) is 3.40. The Kier molecular flexibility index (Phi) is 5.47. The summed E-state index contributed by atoms with van der Waals surface area (Å²) in [5.41, 5.74) is 2.25. The van der Waals surface area contributed by atoms with E-state index < -0.39 is 8.32 Å². The van der Waals surface area contributed by atoms with Crippen LogP contribution in [0.2, 0.25) is 23.2 Å². The van der Waals surface area contributed by atoms with Gasteiger partial charge in [0.2, 0.25) is 0 Å². The van der Waals surface area contributed by atoms with E-state index in [0.29, 0.717) is 0 Å². The molecule has 0 bridgehead atoms. The molecule has 2 rings (SSSR count). The van der Waals surface area contributed by atoms with E-state index >= 15 is 0 Å². The lowest BCUT2D eigenvalue weighted by molar-refractivity contribution is 0.306. The predicted molar refractivity (Wildman–Crippen MR) is 102 cm³/mol. The highest BCUT2D eigenvalue weighted by Gasteiger charge is 2.40. The summed E-state index contributed by atoms with van der Waals surface area (Å²) in [7, 11) is -1.92. The highest BCUT2D eigenvalue weighted by atomic mass is 35.5. The van der Waals surface area contributed by atoms with Gasteiger partial charge in [-0.25, -0.2) is 0 Å². The topological polar surface area (TPSA) is 33.6 Å². The average Bonchev–Trinajstić information content (AvgIpc) is 2.81. The standard InChI is InChI=1S/C18H29ClN2OSi/c1-7-8-12-15-16-13(10-9-11-14(16)19)17(20-15)21-22-23(5,6)18(2,3)4/h9-11,15H,7-8,12H2,1-6H3,(H,20,21). The minimum absolute atomic E-state index is 0.133. The van der Waals surface area contributed by atoms with Gasteiger partial charge < -0.3 is 9.84 Å². The number of hydrogen-bond donors (Lipinski definition) is 1. The first-order chi connectivity index (χ1) is 10.7. The largest absolute Gasteiger partial charge is 0.453 e. The highest BCUT2D eigenvalue weighted by molar-refractivity contribution is 6.74. The average molecular weight is 353 g/mol. The Labute approximate surface area is 146 Å². The molecule has 1 unspecified atom stereocenters. The number of rotatable bonds is 5. The van der Waals surface area contributed by atoms with Gasteiger partial charge in [0.1, 0.15) is 0 Å². The molecule has 1 N–H and O–H groups in total. The lowest BCUT2D eigenvalue weighted by atomic mass is 10.0. The molecule has 23 heavy (non-hydrogen) atoms. The Balaban J connectivity index is 2.29. The van der Waals surface area contributed by atoms with E-state index in [1.165, 1.54) is 18.4 Å². The number of oxime groups is 1. The van der Waals surface area contributed by atoms with Gasteiger partial charge in [0.15, 0.2) is 5.84 Å². The number of nitrogens with zero attached hydrogens (tertiary/aromatic N) is 1. The number of amidine groups is 1. The van der Waals surface area contributed by atoms with Gasteiger partial charge in [-0.15, -0.1) is 0 Å². The summed E-state index contributed by atoms with van der Waals surface area (Å²) in [4.78, 5) is 0. The quantitative estimate of drug-likeness (QED) is 0.532. The summed E-state index contributed by atoms with van der Waals surface area (Å²) in [6, 6.07) is 6.25. The van der Waals surface area contributed by atoms with E-state index in [-0.39, 0.29) is 11.1 Å². The molecule has 128 valence electrons. The summed E-state index contributed by atoms with van der Waals surface area (Å²) < 4.78 is 6.05. The van der Waals surface area contributed by atoms with Crippen LogP contribution < -0.4 is 5.32 Å². The molecule has 1 atom stereocenters. The molecular weight excluding hydrogens is 324 g/mol. The molecule has 3 nitrogen and oxygen atoms in total. The highest BCUT2D eigenvalue weighted by Crippen LogP contribution is 2.38.